The van der Waals surface area contributed by atoms with Gasteiger partial charge in [0.05, 0.1) is 16.9 Å². The largest absolute Gasteiger partial charge is 0.438 e. The summed E-state index contributed by atoms with van der Waals surface area (Å²) in [4.78, 5) is 15.9. The van der Waals surface area contributed by atoms with Gasteiger partial charge in [-0.3, -0.25) is 0 Å². The Morgan fingerprint density at radius 1 is 0.897 bits per heavy atom. The molecule has 7 heteroatoms. The highest BCUT2D eigenvalue weighted by Gasteiger charge is 2.28. The van der Waals surface area contributed by atoms with Crippen LogP contribution in [0.2, 0.25) is 0 Å². The number of rotatable bonds is 4. The van der Waals surface area contributed by atoms with Gasteiger partial charge >= 0.3 is 0 Å². The number of aromatic nitrogens is 3. The maximum Gasteiger partial charge on any atom is 0.228 e. The zero-order valence-corrected chi connectivity index (χ0v) is 16.2. The molecule has 142 valence electrons. The Hall–Kier alpha value is -3.42. The van der Waals surface area contributed by atoms with Gasteiger partial charge in [0.1, 0.15) is 17.6 Å². The summed E-state index contributed by atoms with van der Waals surface area (Å²) >= 11 is 1.65. The van der Waals surface area contributed by atoms with E-state index in [-0.39, 0.29) is 5.50 Å². The summed E-state index contributed by atoms with van der Waals surface area (Å²) in [5, 5.41) is 0. The first-order chi connectivity index (χ1) is 14.3. The number of benzene rings is 2. The lowest BCUT2D eigenvalue weighted by Gasteiger charge is -2.23. The maximum atomic E-state index is 6.34. The Balaban J connectivity index is 1.42. The summed E-state index contributed by atoms with van der Waals surface area (Å²) in [5.74, 6) is 1.19. The number of thioether (sulfide) groups is 1. The van der Waals surface area contributed by atoms with Crippen molar-refractivity contribution in [3.63, 3.8) is 0 Å². The molecule has 3 heterocycles. The van der Waals surface area contributed by atoms with Gasteiger partial charge in [0.25, 0.3) is 0 Å². The molecule has 2 aromatic carbocycles. The van der Waals surface area contributed by atoms with E-state index in [1.165, 1.54) is 11.2 Å². The van der Waals surface area contributed by atoms with Crippen molar-refractivity contribution >= 4 is 23.1 Å². The van der Waals surface area contributed by atoms with Gasteiger partial charge < -0.3 is 15.4 Å². The van der Waals surface area contributed by atoms with Crippen molar-refractivity contribution in [3.05, 3.63) is 85.5 Å². The van der Waals surface area contributed by atoms with Crippen LogP contribution in [0.1, 0.15) is 0 Å². The number of para-hydroxylation sites is 1. The minimum absolute atomic E-state index is 0.153. The van der Waals surface area contributed by atoms with E-state index in [1.54, 1.807) is 24.2 Å². The standard InChI is InChI=1S/C22H17N5OS/c23-22-27(19-5-1-2-6-20(19)29-22)15-7-9-16(10-8-15)28-21-17(4-3-12-25-21)18-11-13-24-14-26-18/h1-14,22H,23H2. The molecule has 1 aliphatic rings. The first kappa shape index (κ1) is 17.7. The summed E-state index contributed by atoms with van der Waals surface area (Å²) in [6, 6.07) is 21.7. The molecule has 0 fully saturated rings. The molecule has 0 amide bonds. The van der Waals surface area contributed by atoms with E-state index in [4.69, 9.17) is 10.5 Å². The zero-order chi connectivity index (χ0) is 19.6. The molecule has 0 spiro atoms. The number of nitrogens with zero attached hydrogens (tertiary/aromatic N) is 4. The van der Waals surface area contributed by atoms with Crippen LogP contribution in [0.4, 0.5) is 11.4 Å². The van der Waals surface area contributed by atoms with Crippen LogP contribution in [0.25, 0.3) is 11.3 Å². The maximum absolute atomic E-state index is 6.34. The van der Waals surface area contributed by atoms with Gasteiger partial charge in [-0.2, -0.15) is 0 Å². The summed E-state index contributed by atoms with van der Waals surface area (Å²) in [6.45, 7) is 0. The molecular formula is C22H17N5OS. The quantitative estimate of drug-likeness (QED) is 0.527. The number of anilines is 2. The number of pyridine rings is 1. The van der Waals surface area contributed by atoms with Crippen molar-refractivity contribution in [1.29, 1.82) is 0 Å². The van der Waals surface area contributed by atoms with E-state index in [0.29, 0.717) is 11.6 Å². The minimum Gasteiger partial charge on any atom is -0.438 e. The lowest BCUT2D eigenvalue weighted by molar-refractivity contribution is 0.465. The van der Waals surface area contributed by atoms with E-state index in [9.17, 15) is 0 Å². The first-order valence-corrected chi connectivity index (χ1v) is 9.97. The van der Waals surface area contributed by atoms with Crippen LogP contribution in [0.15, 0.2) is 90.3 Å². The lowest BCUT2D eigenvalue weighted by Crippen LogP contribution is -2.31. The van der Waals surface area contributed by atoms with Crippen LogP contribution >= 0.6 is 11.8 Å². The molecule has 0 aliphatic carbocycles. The van der Waals surface area contributed by atoms with E-state index < -0.39 is 0 Å². The molecule has 29 heavy (non-hydrogen) atoms. The molecule has 0 radical (unpaired) electrons. The van der Waals surface area contributed by atoms with Crippen LogP contribution in [-0.4, -0.2) is 20.4 Å². The average molecular weight is 399 g/mol. The third-order valence-electron chi connectivity index (χ3n) is 4.59. The lowest BCUT2D eigenvalue weighted by atomic mass is 10.2. The van der Waals surface area contributed by atoms with Gasteiger partial charge in [-0.1, -0.05) is 23.9 Å². The highest BCUT2D eigenvalue weighted by Crippen LogP contribution is 2.45. The highest BCUT2D eigenvalue weighted by atomic mass is 32.2. The first-order valence-electron chi connectivity index (χ1n) is 9.09. The normalized spacial score (nSPS) is 15.2. The molecule has 0 saturated carbocycles. The van der Waals surface area contributed by atoms with Gasteiger partial charge in [-0.05, 0) is 54.6 Å². The van der Waals surface area contributed by atoms with Crippen molar-refractivity contribution in [2.24, 2.45) is 5.73 Å². The summed E-state index contributed by atoms with van der Waals surface area (Å²) < 4.78 is 6.05. The Kier molecular flexibility index (Phi) is 4.59. The van der Waals surface area contributed by atoms with E-state index in [1.807, 2.05) is 54.6 Å². The fraction of sp³-hybridized carbons (Fsp3) is 0.0455. The number of nitrogens with two attached hydrogens (primary N) is 1. The van der Waals surface area contributed by atoms with Crippen LogP contribution in [-0.2, 0) is 0 Å². The predicted octanol–water partition coefficient (Wildman–Crippen LogP) is 4.82. The number of hydrogen-bond acceptors (Lipinski definition) is 7. The third-order valence-corrected chi connectivity index (χ3v) is 5.64. The molecule has 5 rings (SSSR count). The van der Waals surface area contributed by atoms with Crippen molar-refractivity contribution in [2.45, 2.75) is 10.4 Å². The van der Waals surface area contributed by atoms with Crippen LogP contribution < -0.4 is 15.4 Å². The van der Waals surface area contributed by atoms with Crippen molar-refractivity contribution in [2.75, 3.05) is 4.90 Å². The summed E-state index contributed by atoms with van der Waals surface area (Å²) in [5.41, 5.74) is 9.89. The van der Waals surface area contributed by atoms with Crippen molar-refractivity contribution in [1.82, 2.24) is 15.0 Å². The Bertz CT molecular complexity index is 1140. The molecule has 2 aromatic heterocycles. The topological polar surface area (TPSA) is 77.2 Å². The van der Waals surface area contributed by atoms with Crippen molar-refractivity contribution in [3.8, 4) is 22.9 Å². The fourth-order valence-electron chi connectivity index (χ4n) is 3.27. The molecule has 2 N–H and O–H groups in total. The average Bonchev–Trinajstić information content (AvgIpc) is 3.11. The monoisotopic (exact) mass is 399 g/mol. The van der Waals surface area contributed by atoms with Gasteiger partial charge in [0.2, 0.25) is 5.88 Å². The smallest absolute Gasteiger partial charge is 0.228 e. The van der Waals surface area contributed by atoms with Gasteiger partial charge in [-0.15, -0.1) is 0 Å². The molecule has 0 bridgehead atoms. The van der Waals surface area contributed by atoms with Gasteiger partial charge in [-0.25, -0.2) is 15.0 Å². The highest BCUT2D eigenvalue weighted by molar-refractivity contribution is 8.00. The van der Waals surface area contributed by atoms with E-state index >= 15 is 0 Å². The van der Waals surface area contributed by atoms with Crippen LogP contribution in [0.5, 0.6) is 11.6 Å². The summed E-state index contributed by atoms with van der Waals surface area (Å²) in [6.07, 6.45) is 4.91. The van der Waals surface area contributed by atoms with Gasteiger partial charge in [0, 0.05) is 23.0 Å². The third kappa shape index (κ3) is 3.41. The van der Waals surface area contributed by atoms with Crippen LogP contribution in [0.3, 0.4) is 0 Å². The van der Waals surface area contributed by atoms with Crippen LogP contribution in [0, 0.1) is 0 Å². The Morgan fingerprint density at radius 2 is 1.76 bits per heavy atom. The number of ether oxygens (including phenoxy) is 1. The molecular weight excluding hydrogens is 382 g/mol. The fourth-order valence-corrected chi connectivity index (χ4v) is 4.31. The second kappa shape index (κ2) is 7.54. The molecule has 4 aromatic rings. The zero-order valence-electron chi connectivity index (χ0n) is 15.3. The second-order valence-electron chi connectivity index (χ2n) is 6.39. The molecule has 0 saturated heterocycles. The molecule has 1 aliphatic heterocycles. The molecule has 1 unspecified atom stereocenters. The summed E-state index contributed by atoms with van der Waals surface area (Å²) in [7, 11) is 0. The van der Waals surface area contributed by atoms with Crippen molar-refractivity contribution < 1.29 is 4.74 Å². The van der Waals surface area contributed by atoms with E-state index in [0.717, 1.165) is 22.6 Å². The van der Waals surface area contributed by atoms with Gasteiger partial charge in [0.15, 0.2) is 0 Å². The minimum atomic E-state index is -0.153. The Morgan fingerprint density at radius 3 is 2.59 bits per heavy atom. The SMILES string of the molecule is NC1Sc2ccccc2N1c1ccc(Oc2ncccc2-c2ccncn2)cc1. The molecule has 1 atom stereocenters. The van der Waals surface area contributed by atoms with E-state index in [2.05, 4.69) is 32.0 Å². The number of hydrogen-bond donors (Lipinski definition) is 1. The predicted molar refractivity (Wildman–Crippen MR) is 114 cm³/mol. The Labute approximate surface area is 172 Å². The number of fused-ring (bicyclic) bond motifs is 1. The second-order valence-corrected chi connectivity index (χ2v) is 7.55. The molecule has 6 nitrogen and oxygen atoms in total.